The second kappa shape index (κ2) is 6.82. The number of carbonyl (C=O) groups is 2. The van der Waals surface area contributed by atoms with Crippen molar-refractivity contribution in [2.24, 2.45) is 0 Å². The van der Waals surface area contributed by atoms with E-state index in [0.29, 0.717) is 11.1 Å². The highest BCUT2D eigenvalue weighted by atomic mass is 16.1. The van der Waals surface area contributed by atoms with E-state index < -0.39 is 5.41 Å². The van der Waals surface area contributed by atoms with Crippen LogP contribution in [0.1, 0.15) is 34.3 Å². The Labute approximate surface area is 169 Å². The number of benzene rings is 4. The van der Waals surface area contributed by atoms with E-state index in [1.54, 1.807) is 0 Å². The van der Waals surface area contributed by atoms with Crippen LogP contribution in [0.4, 0.5) is 0 Å². The van der Waals surface area contributed by atoms with Crippen molar-refractivity contribution in [3.63, 3.8) is 0 Å². The fourth-order valence-electron chi connectivity index (χ4n) is 4.25. The molecule has 0 amide bonds. The number of fused-ring (bicyclic) bond motifs is 1. The van der Waals surface area contributed by atoms with Gasteiger partial charge in [0.1, 0.15) is 6.29 Å². The Morgan fingerprint density at radius 2 is 1.41 bits per heavy atom. The Morgan fingerprint density at radius 1 is 0.793 bits per heavy atom. The van der Waals surface area contributed by atoms with Gasteiger partial charge in [0.25, 0.3) is 0 Å². The van der Waals surface area contributed by atoms with Crippen molar-refractivity contribution in [3.8, 4) is 11.1 Å². The minimum atomic E-state index is -0.502. The molecule has 0 saturated heterocycles. The van der Waals surface area contributed by atoms with Gasteiger partial charge in [-0.05, 0) is 46.4 Å². The van der Waals surface area contributed by atoms with Crippen molar-refractivity contribution >= 4 is 22.8 Å². The lowest BCUT2D eigenvalue weighted by Crippen LogP contribution is -2.14. The second-order valence-electron chi connectivity index (χ2n) is 7.73. The molecule has 2 heteroatoms. The molecule has 1 saturated carbocycles. The first-order valence-corrected chi connectivity index (χ1v) is 9.91. The molecule has 0 heterocycles. The van der Waals surface area contributed by atoms with Gasteiger partial charge in [0.2, 0.25) is 0 Å². The summed E-state index contributed by atoms with van der Waals surface area (Å²) in [5.74, 6) is -0.0156. The topological polar surface area (TPSA) is 34.1 Å². The molecule has 1 aliphatic carbocycles. The summed E-state index contributed by atoms with van der Waals surface area (Å²) in [5.41, 5.74) is 3.67. The largest absolute Gasteiger partial charge is 0.302 e. The third-order valence-corrected chi connectivity index (χ3v) is 5.90. The lowest BCUT2D eigenvalue weighted by atomic mass is 9.80. The smallest absolute Gasteiger partial charge is 0.193 e. The normalized spacial score (nSPS) is 14.5. The van der Waals surface area contributed by atoms with Gasteiger partial charge in [0, 0.05) is 11.1 Å². The number of aldehydes is 1. The summed E-state index contributed by atoms with van der Waals surface area (Å²) in [6, 6.07) is 29.4. The van der Waals surface area contributed by atoms with Gasteiger partial charge in [0.05, 0.1) is 5.41 Å². The van der Waals surface area contributed by atoms with Crippen LogP contribution in [-0.2, 0) is 10.2 Å². The van der Waals surface area contributed by atoms with Gasteiger partial charge < -0.3 is 4.79 Å². The van der Waals surface area contributed by atoms with Crippen molar-refractivity contribution in [2.45, 2.75) is 18.3 Å². The molecule has 1 aliphatic rings. The molecule has 0 unspecified atom stereocenters. The maximum atomic E-state index is 13.6. The summed E-state index contributed by atoms with van der Waals surface area (Å²) in [6.07, 6.45) is 2.73. The Balaban J connectivity index is 1.90. The summed E-state index contributed by atoms with van der Waals surface area (Å²) in [7, 11) is 0. The SMILES string of the molecule is O=CC1(c2c(-c3ccccc3)c(C(=O)c3ccccc3)cc3ccccc23)CC1. The number of carbonyl (C=O) groups excluding carboxylic acids is 2. The van der Waals surface area contributed by atoms with Crippen molar-refractivity contribution in [2.75, 3.05) is 0 Å². The van der Waals surface area contributed by atoms with Crippen LogP contribution in [0.15, 0.2) is 91.0 Å². The molecule has 0 atom stereocenters. The summed E-state index contributed by atoms with van der Waals surface area (Å²) in [6.45, 7) is 0. The first kappa shape index (κ1) is 17.6. The molecule has 0 N–H and O–H groups in total. The van der Waals surface area contributed by atoms with E-state index >= 15 is 0 Å². The van der Waals surface area contributed by atoms with Crippen LogP contribution >= 0.6 is 0 Å². The maximum Gasteiger partial charge on any atom is 0.193 e. The highest BCUT2D eigenvalue weighted by Crippen LogP contribution is 2.53. The van der Waals surface area contributed by atoms with E-state index in [0.717, 1.165) is 46.6 Å². The van der Waals surface area contributed by atoms with Crippen LogP contribution < -0.4 is 0 Å². The van der Waals surface area contributed by atoms with Crippen LogP contribution in [0.3, 0.4) is 0 Å². The lowest BCUT2D eigenvalue weighted by Gasteiger charge is -2.21. The number of ketones is 1. The van der Waals surface area contributed by atoms with E-state index in [2.05, 4.69) is 6.07 Å². The number of hydrogen-bond donors (Lipinski definition) is 0. The molecular weight excluding hydrogens is 356 g/mol. The summed E-state index contributed by atoms with van der Waals surface area (Å²) >= 11 is 0. The van der Waals surface area contributed by atoms with E-state index in [9.17, 15) is 9.59 Å². The first-order valence-electron chi connectivity index (χ1n) is 9.91. The summed E-state index contributed by atoms with van der Waals surface area (Å²) in [5, 5.41) is 2.05. The Bertz CT molecular complexity index is 1220. The van der Waals surface area contributed by atoms with Crippen LogP contribution in [-0.4, -0.2) is 12.1 Å². The van der Waals surface area contributed by atoms with Crippen LogP contribution in [0.25, 0.3) is 21.9 Å². The molecular formula is C27H20O2. The zero-order chi connectivity index (χ0) is 19.8. The minimum Gasteiger partial charge on any atom is -0.302 e. The molecule has 0 spiro atoms. The average molecular weight is 376 g/mol. The highest BCUT2D eigenvalue weighted by molar-refractivity contribution is 6.16. The fraction of sp³-hybridized carbons (Fsp3) is 0.111. The van der Waals surface area contributed by atoms with Crippen LogP contribution in [0.5, 0.6) is 0 Å². The monoisotopic (exact) mass is 376 g/mol. The van der Waals surface area contributed by atoms with E-state index in [-0.39, 0.29) is 5.78 Å². The number of hydrogen-bond acceptors (Lipinski definition) is 2. The molecule has 140 valence electrons. The molecule has 29 heavy (non-hydrogen) atoms. The zero-order valence-electron chi connectivity index (χ0n) is 16.0. The molecule has 1 fully saturated rings. The Hall–Kier alpha value is -3.52. The molecule has 4 aromatic rings. The molecule has 5 rings (SSSR count). The van der Waals surface area contributed by atoms with E-state index in [4.69, 9.17) is 0 Å². The van der Waals surface area contributed by atoms with Gasteiger partial charge in [-0.3, -0.25) is 4.79 Å². The second-order valence-corrected chi connectivity index (χ2v) is 7.73. The van der Waals surface area contributed by atoms with Crippen molar-refractivity contribution in [1.29, 1.82) is 0 Å². The molecule has 0 aliphatic heterocycles. The van der Waals surface area contributed by atoms with E-state index in [1.807, 2.05) is 84.9 Å². The van der Waals surface area contributed by atoms with Crippen LogP contribution in [0.2, 0.25) is 0 Å². The first-order chi connectivity index (χ1) is 14.2. The quantitative estimate of drug-likeness (QED) is 0.318. The molecule has 0 bridgehead atoms. The highest BCUT2D eigenvalue weighted by Gasteiger charge is 2.47. The average Bonchev–Trinajstić information content (AvgIpc) is 3.59. The Kier molecular flexibility index (Phi) is 4.13. The van der Waals surface area contributed by atoms with Gasteiger partial charge in [-0.25, -0.2) is 0 Å². The predicted octanol–water partition coefficient (Wildman–Crippen LogP) is 5.97. The van der Waals surface area contributed by atoms with Gasteiger partial charge >= 0.3 is 0 Å². The minimum absolute atomic E-state index is 0.0156. The van der Waals surface area contributed by atoms with Crippen molar-refractivity contribution in [3.05, 3.63) is 108 Å². The van der Waals surface area contributed by atoms with Gasteiger partial charge in [-0.2, -0.15) is 0 Å². The molecule has 0 aromatic heterocycles. The third kappa shape index (κ3) is 2.89. The lowest BCUT2D eigenvalue weighted by molar-refractivity contribution is -0.109. The zero-order valence-corrected chi connectivity index (χ0v) is 16.0. The van der Waals surface area contributed by atoms with Crippen LogP contribution in [0, 0.1) is 0 Å². The third-order valence-electron chi connectivity index (χ3n) is 5.90. The predicted molar refractivity (Wildman–Crippen MR) is 116 cm³/mol. The Morgan fingerprint density at radius 3 is 2.07 bits per heavy atom. The molecule has 2 nitrogen and oxygen atoms in total. The van der Waals surface area contributed by atoms with Gasteiger partial charge in [0.15, 0.2) is 5.78 Å². The standard InChI is InChI=1S/C27H20O2/c28-18-27(15-16-27)25-22-14-8-7-13-21(22)17-23(24(25)19-9-3-1-4-10-19)26(29)20-11-5-2-6-12-20/h1-14,17-18H,15-16H2. The van der Waals surface area contributed by atoms with Crippen molar-refractivity contribution in [1.82, 2.24) is 0 Å². The van der Waals surface area contributed by atoms with Gasteiger partial charge in [-0.15, -0.1) is 0 Å². The maximum absolute atomic E-state index is 13.6. The summed E-state index contributed by atoms with van der Waals surface area (Å²) < 4.78 is 0. The number of rotatable bonds is 5. The van der Waals surface area contributed by atoms with E-state index in [1.165, 1.54) is 0 Å². The molecule has 0 radical (unpaired) electrons. The molecule has 4 aromatic carbocycles. The summed E-state index contributed by atoms with van der Waals surface area (Å²) in [4.78, 5) is 25.8. The fourth-order valence-corrected chi connectivity index (χ4v) is 4.25. The van der Waals surface area contributed by atoms with Gasteiger partial charge in [-0.1, -0.05) is 84.9 Å². The van der Waals surface area contributed by atoms with Crippen molar-refractivity contribution < 1.29 is 9.59 Å².